The Morgan fingerprint density at radius 1 is 1.29 bits per heavy atom. The summed E-state index contributed by atoms with van der Waals surface area (Å²) in [5, 5.41) is 2.74. The lowest BCUT2D eigenvalue weighted by atomic mass is 10.2. The van der Waals surface area contributed by atoms with Gasteiger partial charge in [-0.25, -0.2) is 4.39 Å². The molecule has 0 aromatic heterocycles. The van der Waals surface area contributed by atoms with Gasteiger partial charge >= 0.3 is 0 Å². The molecule has 2 aromatic rings. The number of carbonyl (C=O) groups is 1. The van der Waals surface area contributed by atoms with E-state index in [1.165, 1.54) is 18.2 Å². The Kier molecular flexibility index (Phi) is 4.90. The lowest BCUT2D eigenvalue weighted by Crippen LogP contribution is -2.30. The first-order valence-electron chi connectivity index (χ1n) is 6.60. The van der Waals surface area contributed by atoms with Crippen LogP contribution in [-0.2, 0) is 11.3 Å². The summed E-state index contributed by atoms with van der Waals surface area (Å²) in [6.07, 6.45) is -0.742. The van der Waals surface area contributed by atoms with Gasteiger partial charge in [-0.3, -0.25) is 4.79 Å². The van der Waals surface area contributed by atoms with E-state index < -0.39 is 11.9 Å². The van der Waals surface area contributed by atoms with Gasteiger partial charge in [-0.1, -0.05) is 18.2 Å². The topological polar surface area (TPSA) is 64.3 Å². The maximum atomic E-state index is 13.1. The van der Waals surface area contributed by atoms with Gasteiger partial charge in [0, 0.05) is 18.3 Å². The normalized spacial score (nSPS) is 11.8. The molecule has 21 heavy (non-hydrogen) atoms. The van der Waals surface area contributed by atoms with Gasteiger partial charge < -0.3 is 15.8 Å². The molecule has 0 radical (unpaired) electrons. The second-order valence-electron chi connectivity index (χ2n) is 4.61. The van der Waals surface area contributed by atoms with Crippen molar-refractivity contribution in [2.75, 3.05) is 5.32 Å². The Balaban J connectivity index is 1.99. The van der Waals surface area contributed by atoms with Crippen molar-refractivity contribution >= 4 is 11.6 Å². The molecule has 0 aliphatic heterocycles. The Bertz CT molecular complexity index is 631. The molecule has 1 amide bonds. The molecule has 2 rings (SSSR count). The van der Waals surface area contributed by atoms with Gasteiger partial charge in [0.15, 0.2) is 6.10 Å². The smallest absolute Gasteiger partial charge is 0.265 e. The molecule has 0 saturated heterocycles. The predicted octanol–water partition coefficient (Wildman–Crippen LogP) is 2.69. The maximum Gasteiger partial charge on any atom is 0.265 e. The number of nitrogens with two attached hydrogens (primary N) is 1. The summed E-state index contributed by atoms with van der Waals surface area (Å²) in [5.41, 5.74) is 7.13. The molecule has 0 spiro atoms. The zero-order chi connectivity index (χ0) is 15.2. The Hall–Kier alpha value is -2.40. The molecule has 0 aliphatic rings. The number of benzene rings is 2. The van der Waals surface area contributed by atoms with Crippen LogP contribution in [0.3, 0.4) is 0 Å². The molecule has 1 unspecified atom stereocenters. The monoisotopic (exact) mass is 288 g/mol. The fourth-order valence-corrected chi connectivity index (χ4v) is 1.82. The molecule has 2 aromatic carbocycles. The number of hydrogen-bond donors (Lipinski definition) is 2. The molecule has 0 aliphatic carbocycles. The Morgan fingerprint density at radius 2 is 2.05 bits per heavy atom. The first-order chi connectivity index (χ1) is 10.1. The standard InChI is InChI=1S/C16H17FN2O2/c1-11(21-15-7-3-5-13(17)9-15)16(20)19-14-6-2-4-12(8-14)10-18/h2-9,11H,10,18H2,1H3,(H,19,20). The third-order valence-electron chi connectivity index (χ3n) is 2.91. The van der Waals surface area contributed by atoms with E-state index in [4.69, 9.17) is 10.5 Å². The molecule has 0 saturated carbocycles. The molecule has 3 N–H and O–H groups in total. The third-order valence-corrected chi connectivity index (χ3v) is 2.91. The van der Waals surface area contributed by atoms with Crippen molar-refractivity contribution in [1.82, 2.24) is 0 Å². The molecular weight excluding hydrogens is 271 g/mol. The van der Waals surface area contributed by atoms with Crippen LogP contribution in [0.4, 0.5) is 10.1 Å². The Morgan fingerprint density at radius 3 is 2.76 bits per heavy atom. The van der Waals surface area contributed by atoms with Gasteiger partial charge in [-0.2, -0.15) is 0 Å². The van der Waals surface area contributed by atoms with Crippen molar-refractivity contribution < 1.29 is 13.9 Å². The minimum absolute atomic E-state index is 0.312. The summed E-state index contributed by atoms with van der Waals surface area (Å²) >= 11 is 0. The van der Waals surface area contributed by atoms with Crippen LogP contribution in [0.1, 0.15) is 12.5 Å². The second kappa shape index (κ2) is 6.85. The van der Waals surface area contributed by atoms with Crippen molar-refractivity contribution in [3.63, 3.8) is 0 Å². The van der Waals surface area contributed by atoms with E-state index in [1.54, 1.807) is 25.1 Å². The van der Waals surface area contributed by atoms with Crippen molar-refractivity contribution in [3.05, 3.63) is 59.9 Å². The van der Waals surface area contributed by atoms with Crippen molar-refractivity contribution in [3.8, 4) is 5.75 Å². The van der Waals surface area contributed by atoms with Gasteiger partial charge in [0.25, 0.3) is 5.91 Å². The summed E-state index contributed by atoms with van der Waals surface area (Å²) < 4.78 is 18.5. The van der Waals surface area contributed by atoms with Gasteiger partial charge in [0.2, 0.25) is 0 Å². The maximum absolute atomic E-state index is 13.1. The number of halogens is 1. The first kappa shape index (κ1) is 15.0. The number of carbonyl (C=O) groups excluding carboxylic acids is 1. The van der Waals surface area contributed by atoms with Crippen molar-refractivity contribution in [2.45, 2.75) is 19.6 Å². The average Bonchev–Trinajstić information content (AvgIpc) is 2.47. The molecule has 0 bridgehead atoms. The lowest BCUT2D eigenvalue weighted by Gasteiger charge is -2.15. The van der Waals surface area contributed by atoms with Crippen LogP contribution in [0.2, 0.25) is 0 Å². The van der Waals surface area contributed by atoms with E-state index >= 15 is 0 Å². The van der Waals surface area contributed by atoms with Crippen LogP contribution in [0.25, 0.3) is 0 Å². The van der Waals surface area contributed by atoms with Crippen molar-refractivity contribution in [1.29, 1.82) is 0 Å². The number of nitrogens with one attached hydrogen (secondary N) is 1. The predicted molar refractivity (Wildman–Crippen MR) is 79.5 cm³/mol. The van der Waals surface area contributed by atoms with E-state index in [1.807, 2.05) is 12.1 Å². The van der Waals surface area contributed by atoms with Gasteiger partial charge in [0.1, 0.15) is 11.6 Å². The zero-order valence-corrected chi connectivity index (χ0v) is 11.7. The van der Waals surface area contributed by atoms with E-state index in [0.29, 0.717) is 18.0 Å². The summed E-state index contributed by atoms with van der Waals surface area (Å²) in [7, 11) is 0. The summed E-state index contributed by atoms with van der Waals surface area (Å²) in [6.45, 7) is 2.01. The van der Waals surface area contributed by atoms with E-state index in [2.05, 4.69) is 5.32 Å². The molecule has 5 heteroatoms. The third kappa shape index (κ3) is 4.29. The lowest BCUT2D eigenvalue weighted by molar-refractivity contribution is -0.122. The largest absolute Gasteiger partial charge is 0.481 e. The fourth-order valence-electron chi connectivity index (χ4n) is 1.82. The molecule has 0 fully saturated rings. The Labute approximate surface area is 122 Å². The van der Waals surface area contributed by atoms with Crippen LogP contribution >= 0.6 is 0 Å². The minimum atomic E-state index is -0.742. The average molecular weight is 288 g/mol. The van der Waals surface area contributed by atoms with Crippen LogP contribution in [0, 0.1) is 5.82 Å². The van der Waals surface area contributed by atoms with Crippen LogP contribution in [0.15, 0.2) is 48.5 Å². The number of ether oxygens (including phenoxy) is 1. The highest BCUT2D eigenvalue weighted by molar-refractivity contribution is 5.94. The van der Waals surface area contributed by atoms with Crippen LogP contribution in [0.5, 0.6) is 5.75 Å². The molecule has 4 nitrogen and oxygen atoms in total. The molecule has 110 valence electrons. The zero-order valence-electron chi connectivity index (χ0n) is 11.7. The van der Waals surface area contributed by atoms with Gasteiger partial charge in [-0.15, -0.1) is 0 Å². The van der Waals surface area contributed by atoms with Crippen LogP contribution in [-0.4, -0.2) is 12.0 Å². The number of rotatable bonds is 5. The van der Waals surface area contributed by atoms with Gasteiger partial charge in [0.05, 0.1) is 0 Å². The summed E-state index contributed by atoms with van der Waals surface area (Å²) in [4.78, 5) is 12.0. The summed E-state index contributed by atoms with van der Waals surface area (Å²) in [6, 6.07) is 12.9. The first-order valence-corrected chi connectivity index (χ1v) is 6.60. The minimum Gasteiger partial charge on any atom is -0.481 e. The number of anilines is 1. The molecule has 1 atom stereocenters. The van der Waals surface area contributed by atoms with E-state index in [0.717, 1.165) is 5.56 Å². The number of hydrogen-bond acceptors (Lipinski definition) is 3. The highest BCUT2D eigenvalue weighted by Crippen LogP contribution is 2.15. The fraction of sp³-hybridized carbons (Fsp3) is 0.188. The van der Waals surface area contributed by atoms with Crippen molar-refractivity contribution in [2.24, 2.45) is 5.73 Å². The van der Waals surface area contributed by atoms with Crippen LogP contribution < -0.4 is 15.8 Å². The number of amides is 1. The highest BCUT2D eigenvalue weighted by atomic mass is 19.1. The molecule has 0 heterocycles. The second-order valence-corrected chi connectivity index (χ2v) is 4.61. The molecular formula is C16H17FN2O2. The summed E-state index contributed by atoms with van der Waals surface area (Å²) in [5.74, 6) is -0.405. The SMILES string of the molecule is CC(Oc1cccc(F)c1)C(=O)Nc1cccc(CN)c1. The van der Waals surface area contributed by atoms with E-state index in [9.17, 15) is 9.18 Å². The van der Waals surface area contributed by atoms with Gasteiger partial charge in [-0.05, 0) is 36.8 Å². The quantitative estimate of drug-likeness (QED) is 0.889. The van der Waals surface area contributed by atoms with E-state index in [-0.39, 0.29) is 5.91 Å². The highest BCUT2D eigenvalue weighted by Gasteiger charge is 2.15.